The van der Waals surface area contributed by atoms with Crippen molar-refractivity contribution in [1.29, 1.82) is 0 Å². The van der Waals surface area contributed by atoms with Gasteiger partial charge in [0, 0.05) is 17.8 Å². The summed E-state index contributed by atoms with van der Waals surface area (Å²) < 4.78 is 10.8. The van der Waals surface area contributed by atoms with E-state index in [1.807, 2.05) is 48.2 Å². The minimum atomic E-state index is -0.00790. The first-order valence-corrected chi connectivity index (χ1v) is 10.6. The highest BCUT2D eigenvalue weighted by molar-refractivity contribution is 5.80. The van der Waals surface area contributed by atoms with Gasteiger partial charge in [0.1, 0.15) is 11.5 Å². The lowest BCUT2D eigenvalue weighted by molar-refractivity contribution is -0.131. The van der Waals surface area contributed by atoms with Gasteiger partial charge in [0.05, 0.1) is 32.4 Å². The van der Waals surface area contributed by atoms with Gasteiger partial charge < -0.3 is 14.4 Å². The van der Waals surface area contributed by atoms with E-state index in [2.05, 4.69) is 24.3 Å². The van der Waals surface area contributed by atoms with Crippen molar-refractivity contribution in [1.82, 2.24) is 9.88 Å². The molecule has 1 amide bonds. The molecule has 160 valence electrons. The third kappa shape index (κ3) is 4.55. The third-order valence-electron chi connectivity index (χ3n) is 5.82. The highest BCUT2D eigenvalue weighted by atomic mass is 16.5. The van der Waals surface area contributed by atoms with E-state index in [1.54, 1.807) is 14.2 Å². The summed E-state index contributed by atoms with van der Waals surface area (Å²) >= 11 is 0. The molecule has 1 aliphatic rings. The van der Waals surface area contributed by atoms with Gasteiger partial charge in [-0.05, 0) is 61.2 Å². The van der Waals surface area contributed by atoms with Gasteiger partial charge in [-0.15, -0.1) is 0 Å². The van der Waals surface area contributed by atoms with Crippen molar-refractivity contribution in [2.45, 2.75) is 32.2 Å². The van der Waals surface area contributed by atoms with Gasteiger partial charge in [0.2, 0.25) is 5.91 Å². The summed E-state index contributed by atoms with van der Waals surface area (Å²) in [5.41, 5.74) is 5.05. The maximum atomic E-state index is 13.3. The van der Waals surface area contributed by atoms with E-state index in [0.717, 1.165) is 53.2 Å². The second-order valence-corrected chi connectivity index (χ2v) is 7.89. The molecule has 0 N–H and O–H groups in total. The molecule has 0 bridgehead atoms. The first kappa shape index (κ1) is 20.9. The quantitative estimate of drug-likeness (QED) is 0.569. The Balaban J connectivity index is 1.60. The molecule has 31 heavy (non-hydrogen) atoms. The lowest BCUT2D eigenvalue weighted by Crippen LogP contribution is -2.32. The van der Waals surface area contributed by atoms with E-state index in [1.165, 1.54) is 0 Å². The van der Waals surface area contributed by atoms with Crippen LogP contribution in [0.5, 0.6) is 11.5 Å². The molecule has 0 radical (unpaired) electrons. The number of pyridine rings is 1. The average Bonchev–Trinajstić information content (AvgIpc) is 3.29. The van der Waals surface area contributed by atoms with Crippen LogP contribution in [0, 0.1) is 6.92 Å². The minimum absolute atomic E-state index is 0.00790. The van der Waals surface area contributed by atoms with Crippen LogP contribution in [0.1, 0.15) is 35.8 Å². The van der Waals surface area contributed by atoms with Crippen LogP contribution in [0.15, 0.2) is 60.7 Å². The summed E-state index contributed by atoms with van der Waals surface area (Å²) in [6, 6.07) is 20.1. The van der Waals surface area contributed by atoms with Crippen molar-refractivity contribution >= 4 is 5.91 Å². The standard InChI is InChI=1S/C26H28N2O3/c1-18-14-20(19-8-5-4-6-9-19)16-23(27-18)24-10-7-13-28(24)26(29)17-21-15-22(30-2)11-12-25(21)31-3/h4-6,8-9,11-12,14-16,24H,7,10,13,17H2,1-3H3/t24-/m1/s1. The number of carbonyl (C=O) groups is 1. The molecule has 1 aliphatic heterocycles. The molecule has 4 rings (SSSR count). The van der Waals surface area contributed by atoms with Gasteiger partial charge in [-0.1, -0.05) is 30.3 Å². The van der Waals surface area contributed by atoms with Gasteiger partial charge in [0.15, 0.2) is 0 Å². The van der Waals surface area contributed by atoms with Crippen LogP contribution in [-0.4, -0.2) is 36.6 Å². The molecule has 5 nitrogen and oxygen atoms in total. The maximum Gasteiger partial charge on any atom is 0.227 e. The fourth-order valence-electron chi connectivity index (χ4n) is 4.32. The molecule has 1 aromatic heterocycles. The van der Waals surface area contributed by atoms with Crippen LogP contribution in [0.25, 0.3) is 11.1 Å². The number of aromatic nitrogens is 1. The molecule has 1 fully saturated rings. The number of methoxy groups -OCH3 is 2. The van der Waals surface area contributed by atoms with E-state index >= 15 is 0 Å². The molecule has 0 saturated carbocycles. The molecule has 2 aromatic carbocycles. The monoisotopic (exact) mass is 416 g/mol. The predicted octanol–water partition coefficient (Wildman–Crippen LogP) is 4.98. The van der Waals surface area contributed by atoms with Crippen LogP contribution in [0.2, 0.25) is 0 Å². The molecule has 0 spiro atoms. The normalized spacial score (nSPS) is 15.7. The maximum absolute atomic E-state index is 13.3. The van der Waals surface area contributed by atoms with Crippen molar-refractivity contribution in [2.75, 3.05) is 20.8 Å². The second-order valence-electron chi connectivity index (χ2n) is 7.89. The van der Waals surface area contributed by atoms with Gasteiger partial charge in [-0.25, -0.2) is 0 Å². The Kier molecular flexibility index (Phi) is 6.21. The Morgan fingerprint density at radius 2 is 1.84 bits per heavy atom. The summed E-state index contributed by atoms with van der Waals surface area (Å²) in [5, 5.41) is 0. The van der Waals surface area contributed by atoms with Gasteiger partial charge in [-0.3, -0.25) is 9.78 Å². The minimum Gasteiger partial charge on any atom is -0.497 e. The second kappa shape index (κ2) is 9.21. The number of aryl methyl sites for hydroxylation is 1. The van der Waals surface area contributed by atoms with Crippen LogP contribution in [-0.2, 0) is 11.2 Å². The molecule has 1 saturated heterocycles. The lowest BCUT2D eigenvalue weighted by Gasteiger charge is -2.25. The number of likely N-dealkylation sites (tertiary alicyclic amines) is 1. The molecule has 1 atom stereocenters. The van der Waals surface area contributed by atoms with E-state index < -0.39 is 0 Å². The SMILES string of the molecule is COc1ccc(OC)c(CC(=O)N2CCC[C@@H]2c2cc(-c3ccccc3)cc(C)n2)c1. The molecule has 5 heteroatoms. The van der Waals surface area contributed by atoms with Crippen molar-refractivity contribution < 1.29 is 14.3 Å². The molecule has 3 aromatic rings. The molecule has 2 heterocycles. The highest BCUT2D eigenvalue weighted by Crippen LogP contribution is 2.34. The van der Waals surface area contributed by atoms with Crippen LogP contribution >= 0.6 is 0 Å². The summed E-state index contributed by atoms with van der Waals surface area (Å²) in [6.45, 7) is 2.75. The summed E-state index contributed by atoms with van der Waals surface area (Å²) in [5.74, 6) is 1.50. The van der Waals surface area contributed by atoms with Crippen molar-refractivity contribution in [3.63, 3.8) is 0 Å². The number of carbonyl (C=O) groups excluding carboxylic acids is 1. The summed E-state index contributed by atoms with van der Waals surface area (Å²) in [7, 11) is 3.24. The van der Waals surface area contributed by atoms with Crippen molar-refractivity contribution in [3.8, 4) is 22.6 Å². The topological polar surface area (TPSA) is 51.7 Å². The Hall–Kier alpha value is -3.34. The van der Waals surface area contributed by atoms with E-state index in [9.17, 15) is 4.79 Å². The Morgan fingerprint density at radius 1 is 1.03 bits per heavy atom. The van der Waals surface area contributed by atoms with Crippen molar-refractivity contribution in [2.24, 2.45) is 0 Å². The van der Waals surface area contributed by atoms with E-state index in [4.69, 9.17) is 14.5 Å². The number of nitrogens with zero attached hydrogens (tertiary/aromatic N) is 2. The van der Waals surface area contributed by atoms with Crippen molar-refractivity contribution in [3.05, 3.63) is 77.6 Å². The average molecular weight is 417 g/mol. The number of amides is 1. The molecular weight excluding hydrogens is 388 g/mol. The fourth-order valence-corrected chi connectivity index (χ4v) is 4.32. The molecule has 0 aliphatic carbocycles. The largest absolute Gasteiger partial charge is 0.497 e. The zero-order chi connectivity index (χ0) is 21.8. The fraction of sp³-hybridized carbons (Fsp3) is 0.308. The van der Waals surface area contributed by atoms with Crippen LogP contribution < -0.4 is 9.47 Å². The lowest BCUT2D eigenvalue weighted by atomic mass is 10.0. The first-order chi connectivity index (χ1) is 15.1. The van der Waals surface area contributed by atoms with Crippen LogP contribution in [0.4, 0.5) is 0 Å². The Labute approximate surface area is 183 Å². The zero-order valence-electron chi connectivity index (χ0n) is 18.3. The first-order valence-electron chi connectivity index (χ1n) is 10.6. The number of hydrogen-bond acceptors (Lipinski definition) is 4. The summed E-state index contributed by atoms with van der Waals surface area (Å²) in [6.07, 6.45) is 2.17. The number of hydrogen-bond donors (Lipinski definition) is 0. The van der Waals surface area contributed by atoms with Gasteiger partial charge in [-0.2, -0.15) is 0 Å². The zero-order valence-corrected chi connectivity index (χ0v) is 18.3. The third-order valence-corrected chi connectivity index (χ3v) is 5.82. The number of benzene rings is 2. The van der Waals surface area contributed by atoms with Gasteiger partial charge >= 0.3 is 0 Å². The van der Waals surface area contributed by atoms with Gasteiger partial charge in [0.25, 0.3) is 0 Å². The van der Waals surface area contributed by atoms with Crippen LogP contribution in [0.3, 0.4) is 0 Å². The van der Waals surface area contributed by atoms with E-state index in [-0.39, 0.29) is 18.4 Å². The highest BCUT2D eigenvalue weighted by Gasteiger charge is 2.31. The number of rotatable bonds is 6. The predicted molar refractivity (Wildman–Crippen MR) is 121 cm³/mol. The smallest absolute Gasteiger partial charge is 0.227 e. The Bertz CT molecular complexity index is 1070. The molecule has 0 unspecified atom stereocenters. The summed E-state index contributed by atoms with van der Waals surface area (Å²) in [4.78, 5) is 20.1. The van der Waals surface area contributed by atoms with E-state index in [0.29, 0.717) is 5.75 Å². The number of ether oxygens (including phenoxy) is 2. The molecular formula is C26H28N2O3. The Morgan fingerprint density at radius 3 is 2.58 bits per heavy atom.